The van der Waals surface area contributed by atoms with Gasteiger partial charge in [-0.1, -0.05) is 60.7 Å². The van der Waals surface area contributed by atoms with Crippen molar-refractivity contribution in [2.24, 2.45) is 0 Å². The number of aromatic nitrogens is 2. The minimum absolute atomic E-state index is 0.167. The molecule has 3 nitrogen and oxygen atoms in total. The highest BCUT2D eigenvalue weighted by atomic mass is 19.1. The molecule has 0 radical (unpaired) electrons. The van der Waals surface area contributed by atoms with Gasteiger partial charge < -0.3 is 0 Å². The van der Waals surface area contributed by atoms with Gasteiger partial charge in [0.2, 0.25) is 0 Å². The molecule has 2 heterocycles. The molecule has 1 aliphatic rings. The summed E-state index contributed by atoms with van der Waals surface area (Å²) in [6.07, 6.45) is -0.740. The monoisotopic (exact) mass is 342 g/mol. The molecule has 1 aliphatic heterocycles. The smallest absolute Gasteiger partial charge is 0.266 e. The zero-order valence-electron chi connectivity index (χ0n) is 13.9. The first kappa shape index (κ1) is 15.0. The van der Waals surface area contributed by atoms with Crippen LogP contribution in [-0.4, -0.2) is 9.55 Å². The van der Waals surface area contributed by atoms with Crippen LogP contribution in [0.15, 0.2) is 77.6 Å². The average Bonchev–Trinajstić information content (AvgIpc) is 2.96. The Kier molecular flexibility index (Phi) is 3.25. The molecular formula is C22H15FN2O. The van der Waals surface area contributed by atoms with Crippen molar-refractivity contribution in [3.63, 3.8) is 0 Å². The summed E-state index contributed by atoms with van der Waals surface area (Å²) in [5, 5.41) is 0.559. The van der Waals surface area contributed by atoms with E-state index in [1.165, 1.54) is 4.57 Å². The highest BCUT2D eigenvalue weighted by molar-refractivity contribution is 5.82. The first-order valence-corrected chi connectivity index (χ1v) is 8.56. The predicted molar refractivity (Wildman–Crippen MR) is 99.5 cm³/mol. The maximum absolute atomic E-state index is 14.8. The molecule has 5 rings (SSSR count). The van der Waals surface area contributed by atoms with Crippen LogP contribution in [0.2, 0.25) is 0 Å². The molecule has 0 N–H and O–H groups in total. The van der Waals surface area contributed by atoms with Gasteiger partial charge in [-0.05, 0) is 29.7 Å². The highest BCUT2D eigenvalue weighted by Gasteiger charge is 2.32. The molecule has 0 spiro atoms. The number of fused-ring (bicyclic) bond motifs is 4. The maximum atomic E-state index is 14.8. The topological polar surface area (TPSA) is 34.9 Å². The third kappa shape index (κ3) is 2.12. The Morgan fingerprint density at radius 1 is 0.923 bits per heavy atom. The van der Waals surface area contributed by atoms with E-state index in [4.69, 9.17) is 0 Å². The van der Waals surface area contributed by atoms with Crippen LogP contribution in [0.1, 0.15) is 28.7 Å². The van der Waals surface area contributed by atoms with Gasteiger partial charge in [-0.25, -0.2) is 9.37 Å². The number of para-hydroxylation sites is 1. The lowest BCUT2D eigenvalue weighted by molar-refractivity contribution is 0.393. The van der Waals surface area contributed by atoms with Gasteiger partial charge in [-0.3, -0.25) is 9.36 Å². The second kappa shape index (κ2) is 5.63. The second-order valence-electron chi connectivity index (χ2n) is 6.51. The molecule has 0 bridgehead atoms. The van der Waals surface area contributed by atoms with Crippen LogP contribution in [0.5, 0.6) is 0 Å². The molecule has 3 aromatic carbocycles. The van der Waals surface area contributed by atoms with Gasteiger partial charge in [0.05, 0.1) is 16.6 Å². The van der Waals surface area contributed by atoms with Crippen LogP contribution in [0.4, 0.5) is 4.39 Å². The van der Waals surface area contributed by atoms with Gasteiger partial charge in [0.15, 0.2) is 12.0 Å². The minimum Gasteiger partial charge on any atom is -0.268 e. The van der Waals surface area contributed by atoms with Crippen LogP contribution in [0.25, 0.3) is 16.6 Å². The Bertz CT molecular complexity index is 1200. The highest BCUT2D eigenvalue weighted by Crippen LogP contribution is 2.37. The fraction of sp³-hybridized carbons (Fsp3) is 0.0909. The molecule has 1 atom stereocenters. The van der Waals surface area contributed by atoms with Crippen molar-refractivity contribution in [1.29, 1.82) is 0 Å². The third-order valence-electron chi connectivity index (χ3n) is 4.92. The van der Waals surface area contributed by atoms with Crippen molar-refractivity contribution in [3.8, 4) is 5.69 Å². The quantitative estimate of drug-likeness (QED) is 0.543. The lowest BCUT2D eigenvalue weighted by atomic mass is 10.0. The number of benzene rings is 3. The Labute approximate surface area is 149 Å². The van der Waals surface area contributed by atoms with Crippen molar-refractivity contribution in [3.05, 3.63) is 106 Å². The van der Waals surface area contributed by atoms with E-state index in [0.29, 0.717) is 28.6 Å². The molecule has 0 aliphatic carbocycles. The van der Waals surface area contributed by atoms with E-state index in [2.05, 4.69) is 4.98 Å². The summed E-state index contributed by atoms with van der Waals surface area (Å²) in [6, 6.07) is 22.7. The lowest BCUT2D eigenvalue weighted by Crippen LogP contribution is -2.22. The zero-order valence-corrected chi connectivity index (χ0v) is 13.9. The normalized spacial score (nSPS) is 15.0. The summed E-state index contributed by atoms with van der Waals surface area (Å²) < 4.78 is 16.3. The van der Waals surface area contributed by atoms with Crippen LogP contribution in [0, 0.1) is 0 Å². The predicted octanol–water partition coefficient (Wildman–Crippen LogP) is 4.35. The van der Waals surface area contributed by atoms with Crippen molar-refractivity contribution in [2.75, 3.05) is 0 Å². The van der Waals surface area contributed by atoms with Gasteiger partial charge in [0.1, 0.15) is 0 Å². The molecule has 1 aromatic heterocycles. The fourth-order valence-corrected chi connectivity index (χ4v) is 3.73. The summed E-state index contributed by atoms with van der Waals surface area (Å²) in [4.78, 5) is 17.8. The van der Waals surface area contributed by atoms with E-state index in [1.807, 2.05) is 48.5 Å². The van der Waals surface area contributed by atoms with E-state index >= 15 is 0 Å². The average molecular weight is 342 g/mol. The van der Waals surface area contributed by atoms with E-state index in [0.717, 1.165) is 11.1 Å². The third-order valence-corrected chi connectivity index (χ3v) is 4.92. The van der Waals surface area contributed by atoms with E-state index in [-0.39, 0.29) is 11.4 Å². The second-order valence-corrected chi connectivity index (χ2v) is 6.51. The standard InChI is InChI=1S/C22H15FN2O/c23-20-16-10-4-5-12-18(16)25-21(20)24-17-11-6-9-15(19(17)22(25)26)13-14-7-2-1-3-8-14/h1-12,20H,13H2. The van der Waals surface area contributed by atoms with E-state index in [1.54, 1.807) is 24.3 Å². The Morgan fingerprint density at radius 2 is 1.69 bits per heavy atom. The van der Waals surface area contributed by atoms with Crippen molar-refractivity contribution in [1.82, 2.24) is 9.55 Å². The van der Waals surface area contributed by atoms with Crippen molar-refractivity contribution >= 4 is 10.9 Å². The SMILES string of the molecule is O=c1c2c(Cc3ccccc3)cccc2nc2n1-c1ccccc1C2F. The minimum atomic E-state index is -1.37. The number of halogens is 1. The molecule has 126 valence electrons. The van der Waals surface area contributed by atoms with Gasteiger partial charge in [-0.15, -0.1) is 0 Å². The molecule has 0 fully saturated rings. The van der Waals surface area contributed by atoms with Crippen molar-refractivity contribution < 1.29 is 4.39 Å². The van der Waals surface area contributed by atoms with Crippen LogP contribution >= 0.6 is 0 Å². The first-order chi connectivity index (χ1) is 12.7. The van der Waals surface area contributed by atoms with E-state index < -0.39 is 6.17 Å². The Balaban J connectivity index is 1.78. The van der Waals surface area contributed by atoms with E-state index in [9.17, 15) is 9.18 Å². The number of hydrogen-bond acceptors (Lipinski definition) is 2. The van der Waals surface area contributed by atoms with Crippen LogP contribution in [0.3, 0.4) is 0 Å². The number of nitrogens with zero attached hydrogens (tertiary/aromatic N) is 2. The van der Waals surface area contributed by atoms with Crippen LogP contribution < -0.4 is 5.56 Å². The molecule has 26 heavy (non-hydrogen) atoms. The number of hydrogen-bond donors (Lipinski definition) is 0. The first-order valence-electron chi connectivity index (χ1n) is 8.56. The maximum Gasteiger partial charge on any atom is 0.266 e. The molecule has 0 saturated carbocycles. The zero-order chi connectivity index (χ0) is 17.7. The fourth-order valence-electron chi connectivity index (χ4n) is 3.73. The molecule has 0 amide bonds. The van der Waals surface area contributed by atoms with Gasteiger partial charge >= 0.3 is 0 Å². The Hall–Kier alpha value is -3.27. The summed E-state index contributed by atoms with van der Waals surface area (Å²) in [5.41, 5.74) is 3.45. The number of alkyl halides is 1. The molecule has 4 heteroatoms. The number of rotatable bonds is 2. The van der Waals surface area contributed by atoms with Gasteiger partial charge in [0.25, 0.3) is 5.56 Å². The molecule has 4 aromatic rings. The Morgan fingerprint density at radius 3 is 2.54 bits per heavy atom. The molecular weight excluding hydrogens is 327 g/mol. The summed E-state index contributed by atoms with van der Waals surface area (Å²) >= 11 is 0. The summed E-state index contributed by atoms with van der Waals surface area (Å²) in [6.45, 7) is 0. The lowest BCUT2D eigenvalue weighted by Gasteiger charge is -2.10. The summed E-state index contributed by atoms with van der Waals surface area (Å²) in [5.74, 6) is 0.167. The van der Waals surface area contributed by atoms with Crippen molar-refractivity contribution in [2.45, 2.75) is 12.6 Å². The van der Waals surface area contributed by atoms with Gasteiger partial charge in [-0.2, -0.15) is 0 Å². The van der Waals surface area contributed by atoms with Gasteiger partial charge in [0, 0.05) is 5.56 Å². The molecule has 1 unspecified atom stereocenters. The molecule has 0 saturated heterocycles. The largest absolute Gasteiger partial charge is 0.268 e. The van der Waals surface area contributed by atoms with Crippen LogP contribution in [-0.2, 0) is 6.42 Å². The summed E-state index contributed by atoms with van der Waals surface area (Å²) in [7, 11) is 0.